The number of aliphatic hydroxyl groups is 1. The fraction of sp³-hybridized carbons (Fsp3) is 0.250. The van der Waals surface area contributed by atoms with Crippen molar-refractivity contribution in [3.05, 3.63) is 59.1 Å². The third-order valence-corrected chi connectivity index (χ3v) is 3.29. The van der Waals surface area contributed by atoms with Crippen LogP contribution in [0.3, 0.4) is 0 Å². The lowest BCUT2D eigenvalue weighted by Crippen LogP contribution is -2.14. The number of halogens is 1. The Bertz CT molecular complexity index is 540. The zero-order valence-electron chi connectivity index (χ0n) is 11.3. The standard InChI is InChI=1S/C16H17ClO3/c1-19-15-7-5-12(6-8-15)13(10-18)11-20-16-4-2-3-14(17)9-16/h2-9,13,18H,10-11H2,1H3. The van der Waals surface area contributed by atoms with Gasteiger partial charge in [0.2, 0.25) is 0 Å². The molecular weight excluding hydrogens is 276 g/mol. The van der Waals surface area contributed by atoms with Gasteiger partial charge >= 0.3 is 0 Å². The van der Waals surface area contributed by atoms with Crippen molar-refractivity contribution in [3.8, 4) is 11.5 Å². The summed E-state index contributed by atoms with van der Waals surface area (Å²) in [5.74, 6) is 1.41. The average Bonchev–Trinajstić information content (AvgIpc) is 2.48. The van der Waals surface area contributed by atoms with Crippen molar-refractivity contribution in [2.45, 2.75) is 5.92 Å². The molecule has 2 rings (SSSR count). The van der Waals surface area contributed by atoms with Crippen LogP contribution in [-0.4, -0.2) is 25.4 Å². The van der Waals surface area contributed by atoms with Gasteiger partial charge in [-0.15, -0.1) is 0 Å². The largest absolute Gasteiger partial charge is 0.497 e. The summed E-state index contributed by atoms with van der Waals surface area (Å²) in [5, 5.41) is 10.1. The Kier molecular flexibility index (Phi) is 5.27. The van der Waals surface area contributed by atoms with Crippen molar-refractivity contribution in [2.24, 2.45) is 0 Å². The molecule has 0 saturated carbocycles. The lowest BCUT2D eigenvalue weighted by molar-refractivity contribution is 0.205. The molecule has 0 heterocycles. The van der Waals surface area contributed by atoms with Crippen LogP contribution in [0, 0.1) is 0 Å². The zero-order chi connectivity index (χ0) is 14.4. The van der Waals surface area contributed by atoms with E-state index in [-0.39, 0.29) is 12.5 Å². The minimum atomic E-state index is -0.0834. The summed E-state index contributed by atoms with van der Waals surface area (Å²) in [6.07, 6.45) is 0. The van der Waals surface area contributed by atoms with Crippen molar-refractivity contribution in [1.82, 2.24) is 0 Å². The number of benzene rings is 2. The summed E-state index contributed by atoms with van der Waals surface area (Å²) in [6, 6.07) is 14.8. The smallest absolute Gasteiger partial charge is 0.120 e. The van der Waals surface area contributed by atoms with Gasteiger partial charge in [0, 0.05) is 10.9 Å². The first-order valence-corrected chi connectivity index (χ1v) is 6.74. The summed E-state index contributed by atoms with van der Waals surface area (Å²) in [6.45, 7) is 0.413. The van der Waals surface area contributed by atoms with E-state index in [0.717, 1.165) is 11.3 Å². The van der Waals surface area contributed by atoms with E-state index in [0.29, 0.717) is 17.4 Å². The molecule has 0 aliphatic carbocycles. The molecule has 106 valence electrons. The van der Waals surface area contributed by atoms with E-state index in [1.807, 2.05) is 36.4 Å². The van der Waals surface area contributed by atoms with Gasteiger partial charge < -0.3 is 14.6 Å². The summed E-state index contributed by atoms with van der Waals surface area (Å²) >= 11 is 5.90. The van der Waals surface area contributed by atoms with Crippen LogP contribution >= 0.6 is 11.6 Å². The molecule has 2 aromatic rings. The van der Waals surface area contributed by atoms with Crippen LogP contribution in [0.25, 0.3) is 0 Å². The Morgan fingerprint density at radius 3 is 2.45 bits per heavy atom. The normalized spacial score (nSPS) is 11.9. The van der Waals surface area contributed by atoms with Crippen LogP contribution in [-0.2, 0) is 0 Å². The number of methoxy groups -OCH3 is 1. The lowest BCUT2D eigenvalue weighted by atomic mass is 10.0. The van der Waals surface area contributed by atoms with E-state index in [1.165, 1.54) is 0 Å². The number of rotatable bonds is 6. The minimum Gasteiger partial charge on any atom is -0.497 e. The first-order valence-electron chi connectivity index (χ1n) is 6.36. The highest BCUT2D eigenvalue weighted by molar-refractivity contribution is 6.30. The molecular formula is C16H17ClO3. The Labute approximate surface area is 123 Å². The third kappa shape index (κ3) is 3.89. The van der Waals surface area contributed by atoms with E-state index in [9.17, 15) is 5.11 Å². The van der Waals surface area contributed by atoms with Gasteiger partial charge in [-0.25, -0.2) is 0 Å². The molecule has 1 atom stereocenters. The maximum absolute atomic E-state index is 9.50. The summed E-state index contributed by atoms with van der Waals surface area (Å²) in [4.78, 5) is 0. The second kappa shape index (κ2) is 7.17. The fourth-order valence-corrected chi connectivity index (χ4v) is 2.06. The first-order chi connectivity index (χ1) is 9.72. The Balaban J connectivity index is 2.01. The maximum Gasteiger partial charge on any atom is 0.120 e. The lowest BCUT2D eigenvalue weighted by Gasteiger charge is -2.16. The van der Waals surface area contributed by atoms with Crippen molar-refractivity contribution in [2.75, 3.05) is 20.3 Å². The van der Waals surface area contributed by atoms with E-state index < -0.39 is 0 Å². The van der Waals surface area contributed by atoms with Gasteiger partial charge in [0.1, 0.15) is 11.5 Å². The molecule has 2 aromatic carbocycles. The zero-order valence-corrected chi connectivity index (χ0v) is 12.0. The Hall–Kier alpha value is -1.71. The highest BCUT2D eigenvalue weighted by atomic mass is 35.5. The topological polar surface area (TPSA) is 38.7 Å². The number of aliphatic hydroxyl groups excluding tert-OH is 1. The van der Waals surface area contributed by atoms with Crippen LogP contribution in [0.1, 0.15) is 11.5 Å². The second-order valence-corrected chi connectivity index (χ2v) is 4.86. The quantitative estimate of drug-likeness (QED) is 0.885. The fourth-order valence-electron chi connectivity index (χ4n) is 1.88. The number of hydrogen-bond acceptors (Lipinski definition) is 3. The van der Waals surface area contributed by atoms with Crippen molar-refractivity contribution >= 4 is 11.6 Å². The number of ether oxygens (including phenoxy) is 2. The second-order valence-electron chi connectivity index (χ2n) is 4.42. The SMILES string of the molecule is COc1ccc(C(CO)COc2cccc(Cl)c2)cc1. The van der Waals surface area contributed by atoms with Crippen LogP contribution in [0.2, 0.25) is 5.02 Å². The van der Waals surface area contributed by atoms with Crippen LogP contribution < -0.4 is 9.47 Å². The molecule has 0 amide bonds. The van der Waals surface area contributed by atoms with Gasteiger partial charge in [-0.05, 0) is 35.9 Å². The Morgan fingerprint density at radius 2 is 1.85 bits per heavy atom. The predicted molar refractivity (Wildman–Crippen MR) is 79.8 cm³/mol. The predicted octanol–water partition coefficient (Wildman–Crippen LogP) is 3.50. The average molecular weight is 293 g/mol. The molecule has 0 aliphatic heterocycles. The summed E-state index contributed by atoms with van der Waals surface area (Å²) in [7, 11) is 1.63. The van der Waals surface area contributed by atoms with Crippen molar-refractivity contribution in [3.63, 3.8) is 0 Å². The van der Waals surface area contributed by atoms with Crippen LogP contribution in [0.5, 0.6) is 11.5 Å². The molecule has 1 unspecified atom stereocenters. The number of hydrogen-bond donors (Lipinski definition) is 1. The highest BCUT2D eigenvalue weighted by Gasteiger charge is 2.11. The van der Waals surface area contributed by atoms with Gasteiger partial charge in [-0.3, -0.25) is 0 Å². The molecule has 0 radical (unpaired) electrons. The van der Waals surface area contributed by atoms with E-state index >= 15 is 0 Å². The summed E-state index contributed by atoms with van der Waals surface area (Å²) < 4.78 is 10.8. The van der Waals surface area contributed by atoms with Gasteiger partial charge in [0.05, 0.1) is 20.3 Å². The molecule has 0 aliphatic rings. The highest BCUT2D eigenvalue weighted by Crippen LogP contribution is 2.22. The molecule has 20 heavy (non-hydrogen) atoms. The van der Waals surface area contributed by atoms with Crippen LogP contribution in [0.15, 0.2) is 48.5 Å². The van der Waals surface area contributed by atoms with Gasteiger partial charge in [0.25, 0.3) is 0 Å². The molecule has 3 nitrogen and oxygen atoms in total. The van der Waals surface area contributed by atoms with Crippen molar-refractivity contribution in [1.29, 1.82) is 0 Å². The van der Waals surface area contributed by atoms with Gasteiger partial charge in [-0.2, -0.15) is 0 Å². The van der Waals surface area contributed by atoms with Gasteiger partial charge in [-0.1, -0.05) is 29.8 Å². The minimum absolute atomic E-state index is 0.0207. The molecule has 4 heteroatoms. The molecule has 1 N–H and O–H groups in total. The van der Waals surface area contributed by atoms with Crippen molar-refractivity contribution < 1.29 is 14.6 Å². The summed E-state index contributed by atoms with van der Waals surface area (Å²) in [5.41, 5.74) is 1.01. The van der Waals surface area contributed by atoms with E-state index in [1.54, 1.807) is 19.2 Å². The first kappa shape index (κ1) is 14.7. The molecule has 0 saturated heterocycles. The monoisotopic (exact) mass is 292 g/mol. The Morgan fingerprint density at radius 1 is 1.10 bits per heavy atom. The molecule has 0 aromatic heterocycles. The van der Waals surface area contributed by atoms with E-state index in [2.05, 4.69) is 0 Å². The van der Waals surface area contributed by atoms with Crippen LogP contribution in [0.4, 0.5) is 0 Å². The third-order valence-electron chi connectivity index (χ3n) is 3.05. The molecule has 0 fully saturated rings. The van der Waals surface area contributed by atoms with E-state index in [4.69, 9.17) is 21.1 Å². The van der Waals surface area contributed by atoms with Gasteiger partial charge in [0.15, 0.2) is 0 Å². The maximum atomic E-state index is 9.50. The molecule has 0 bridgehead atoms. The molecule has 0 spiro atoms.